The number of nitrogens with zero attached hydrogens (tertiary/aromatic N) is 2. The number of carbonyl (C=O) groups excluding carboxylic acids is 1. The lowest BCUT2D eigenvalue weighted by molar-refractivity contribution is -0.143. The monoisotopic (exact) mass is 514 g/mol. The Kier molecular flexibility index (Phi) is 13.6. The zero-order valence-corrected chi connectivity index (χ0v) is 21.8. The minimum absolute atomic E-state index is 0. The summed E-state index contributed by atoms with van der Waals surface area (Å²) in [6.07, 6.45) is 0.908. The second kappa shape index (κ2) is 15.5. The molecule has 1 fully saturated rings. The molecule has 0 N–H and O–H groups in total. The highest BCUT2D eigenvalue weighted by Crippen LogP contribution is 2.40. The van der Waals surface area contributed by atoms with Crippen LogP contribution in [0, 0.1) is 0 Å². The molecule has 2 aromatic carbocycles. The normalized spacial score (nSPS) is 13.3. The van der Waals surface area contributed by atoms with Crippen molar-refractivity contribution in [1.29, 1.82) is 0 Å². The van der Waals surface area contributed by atoms with Crippen molar-refractivity contribution in [3.8, 4) is 17.2 Å². The van der Waals surface area contributed by atoms with Crippen LogP contribution >= 0.6 is 24.8 Å². The van der Waals surface area contributed by atoms with Crippen LogP contribution in [-0.4, -0.2) is 64.5 Å². The third-order valence-corrected chi connectivity index (χ3v) is 5.55. The number of piperazine rings is 1. The highest BCUT2D eigenvalue weighted by molar-refractivity contribution is 5.85. The van der Waals surface area contributed by atoms with Gasteiger partial charge in [0.25, 0.3) is 0 Å². The molecule has 1 aliphatic rings. The summed E-state index contributed by atoms with van der Waals surface area (Å²) in [7, 11) is 3.23. The Morgan fingerprint density at radius 1 is 0.912 bits per heavy atom. The Bertz CT molecular complexity index is 862. The van der Waals surface area contributed by atoms with Crippen molar-refractivity contribution in [2.45, 2.75) is 26.3 Å². The quantitative estimate of drug-likeness (QED) is 0.321. The van der Waals surface area contributed by atoms with Crippen LogP contribution in [-0.2, 0) is 16.1 Å². The van der Waals surface area contributed by atoms with Gasteiger partial charge < -0.3 is 23.8 Å². The molecule has 0 radical (unpaired) electrons. The van der Waals surface area contributed by atoms with Crippen molar-refractivity contribution < 1.29 is 23.7 Å². The van der Waals surface area contributed by atoms with Gasteiger partial charge in [0.1, 0.15) is 0 Å². The van der Waals surface area contributed by atoms with E-state index in [1.807, 2.05) is 18.2 Å². The Balaban J connectivity index is 0.00000289. The van der Waals surface area contributed by atoms with Crippen molar-refractivity contribution in [2.24, 2.45) is 0 Å². The van der Waals surface area contributed by atoms with Gasteiger partial charge in [0.05, 0.1) is 27.4 Å². The van der Waals surface area contributed by atoms with Crippen LogP contribution in [0.5, 0.6) is 17.2 Å². The summed E-state index contributed by atoms with van der Waals surface area (Å²) in [4.78, 5) is 16.4. The molecule has 190 valence electrons. The number of hydrogen-bond donors (Lipinski definition) is 0. The number of esters is 1. The summed E-state index contributed by atoms with van der Waals surface area (Å²) in [6.45, 7) is 7.25. The van der Waals surface area contributed by atoms with E-state index in [2.05, 4.69) is 34.1 Å². The van der Waals surface area contributed by atoms with Crippen molar-refractivity contribution in [3.63, 3.8) is 0 Å². The Morgan fingerprint density at radius 2 is 1.62 bits per heavy atom. The van der Waals surface area contributed by atoms with E-state index in [0.29, 0.717) is 43.3 Å². The average Bonchev–Trinajstić information content (AvgIpc) is 2.83. The Morgan fingerprint density at radius 3 is 2.24 bits per heavy atom. The van der Waals surface area contributed by atoms with Gasteiger partial charge in [-0.05, 0) is 31.5 Å². The van der Waals surface area contributed by atoms with E-state index in [9.17, 15) is 4.79 Å². The first-order valence-electron chi connectivity index (χ1n) is 11.2. The smallest absolute Gasteiger partial charge is 0.305 e. The van der Waals surface area contributed by atoms with Gasteiger partial charge in [-0.1, -0.05) is 24.3 Å². The van der Waals surface area contributed by atoms with Crippen LogP contribution in [0.1, 0.15) is 25.3 Å². The molecule has 0 amide bonds. The largest absolute Gasteiger partial charge is 0.493 e. The summed E-state index contributed by atoms with van der Waals surface area (Å²) in [6, 6.07) is 14.5. The van der Waals surface area contributed by atoms with E-state index >= 15 is 0 Å². The SMILES string of the molecule is CCOC(=O)CCCOc1c(CN2CCN(c3ccccc3)CC2)ccc(OC)c1OC.Cl.Cl. The molecule has 0 aliphatic carbocycles. The number of anilines is 1. The summed E-state index contributed by atoms with van der Waals surface area (Å²) in [5.74, 6) is 1.70. The molecule has 2 aromatic rings. The van der Waals surface area contributed by atoms with E-state index in [1.165, 1.54) is 5.69 Å². The Labute approximate surface area is 215 Å². The van der Waals surface area contributed by atoms with Crippen LogP contribution in [0.4, 0.5) is 5.69 Å². The van der Waals surface area contributed by atoms with Crippen molar-refractivity contribution >= 4 is 36.5 Å². The predicted molar refractivity (Wildman–Crippen MR) is 139 cm³/mol. The maximum Gasteiger partial charge on any atom is 0.305 e. The molecule has 0 atom stereocenters. The maximum absolute atomic E-state index is 11.6. The van der Waals surface area contributed by atoms with Crippen molar-refractivity contribution in [3.05, 3.63) is 48.0 Å². The van der Waals surface area contributed by atoms with Gasteiger partial charge >= 0.3 is 5.97 Å². The number of rotatable bonds is 11. The van der Waals surface area contributed by atoms with E-state index in [1.54, 1.807) is 21.1 Å². The number of carbonyl (C=O) groups is 1. The van der Waals surface area contributed by atoms with Crippen LogP contribution in [0.3, 0.4) is 0 Å². The van der Waals surface area contributed by atoms with Gasteiger partial charge in [0.2, 0.25) is 5.75 Å². The van der Waals surface area contributed by atoms with Crippen LogP contribution < -0.4 is 19.1 Å². The minimum Gasteiger partial charge on any atom is -0.493 e. The number of hydrogen-bond acceptors (Lipinski definition) is 7. The predicted octanol–water partition coefficient (Wildman–Crippen LogP) is 4.59. The van der Waals surface area contributed by atoms with Crippen LogP contribution in [0.25, 0.3) is 0 Å². The molecule has 1 saturated heterocycles. The van der Waals surface area contributed by atoms with Gasteiger partial charge in [-0.2, -0.15) is 0 Å². The number of ether oxygens (including phenoxy) is 4. The zero-order chi connectivity index (χ0) is 22.8. The number of benzene rings is 2. The van der Waals surface area contributed by atoms with Gasteiger partial charge in [0, 0.05) is 50.4 Å². The molecule has 0 aromatic heterocycles. The number of methoxy groups -OCH3 is 2. The Hall–Kier alpha value is -2.35. The van der Waals surface area contributed by atoms with Crippen LogP contribution in [0.15, 0.2) is 42.5 Å². The minimum atomic E-state index is -0.204. The molecular formula is C25H36Cl2N2O5. The topological polar surface area (TPSA) is 60.5 Å². The van der Waals surface area contributed by atoms with Gasteiger partial charge in [-0.3, -0.25) is 9.69 Å². The lowest BCUT2D eigenvalue weighted by Crippen LogP contribution is -2.46. The molecule has 3 rings (SSSR count). The fourth-order valence-electron chi connectivity index (χ4n) is 3.89. The second-order valence-electron chi connectivity index (χ2n) is 7.65. The fourth-order valence-corrected chi connectivity index (χ4v) is 3.89. The third kappa shape index (κ3) is 8.15. The van der Waals surface area contributed by atoms with Gasteiger partial charge in [-0.25, -0.2) is 0 Å². The molecule has 0 saturated carbocycles. The molecule has 7 nitrogen and oxygen atoms in total. The molecule has 1 aliphatic heterocycles. The van der Waals surface area contributed by atoms with Crippen molar-refractivity contribution in [1.82, 2.24) is 4.90 Å². The van der Waals surface area contributed by atoms with E-state index in [0.717, 1.165) is 38.3 Å². The zero-order valence-electron chi connectivity index (χ0n) is 20.2. The highest BCUT2D eigenvalue weighted by atomic mass is 35.5. The van der Waals surface area contributed by atoms with E-state index in [-0.39, 0.29) is 30.8 Å². The summed E-state index contributed by atoms with van der Waals surface area (Å²) < 4.78 is 22.2. The number of halogens is 2. The van der Waals surface area contributed by atoms with E-state index < -0.39 is 0 Å². The first kappa shape index (κ1) is 29.7. The highest BCUT2D eigenvalue weighted by Gasteiger charge is 2.22. The molecule has 0 spiro atoms. The molecule has 0 bridgehead atoms. The van der Waals surface area contributed by atoms with Gasteiger partial charge in [0.15, 0.2) is 11.5 Å². The van der Waals surface area contributed by atoms with Crippen molar-refractivity contribution in [2.75, 3.05) is 58.5 Å². The van der Waals surface area contributed by atoms with Gasteiger partial charge in [-0.15, -0.1) is 24.8 Å². The average molecular weight is 515 g/mol. The first-order valence-corrected chi connectivity index (χ1v) is 11.2. The fraction of sp³-hybridized carbons (Fsp3) is 0.480. The molecule has 1 heterocycles. The standard InChI is InChI=1S/C25H34N2O5.2ClH/c1-4-31-23(28)11-8-18-32-24-20(12-13-22(29-2)25(24)30-3)19-26-14-16-27(17-15-26)21-9-6-5-7-10-21;;/h5-7,9-10,12-13H,4,8,11,14-19H2,1-3H3;2*1H. The third-order valence-electron chi connectivity index (χ3n) is 5.55. The summed E-state index contributed by atoms with van der Waals surface area (Å²) in [5.41, 5.74) is 2.32. The molecule has 34 heavy (non-hydrogen) atoms. The lowest BCUT2D eigenvalue weighted by atomic mass is 10.1. The maximum atomic E-state index is 11.6. The summed E-state index contributed by atoms with van der Waals surface area (Å²) >= 11 is 0. The van der Waals surface area contributed by atoms with E-state index in [4.69, 9.17) is 18.9 Å². The molecular weight excluding hydrogens is 479 g/mol. The number of para-hydroxylation sites is 1. The van der Waals surface area contributed by atoms with Crippen LogP contribution in [0.2, 0.25) is 0 Å². The first-order chi connectivity index (χ1) is 15.7. The lowest BCUT2D eigenvalue weighted by Gasteiger charge is -2.36. The second-order valence-corrected chi connectivity index (χ2v) is 7.65. The molecule has 9 heteroatoms. The summed E-state index contributed by atoms with van der Waals surface area (Å²) in [5, 5.41) is 0. The molecule has 0 unspecified atom stereocenters.